The molecular weight excluding hydrogens is 382 g/mol. The van der Waals surface area contributed by atoms with Crippen LogP contribution in [0.15, 0.2) is 24.3 Å². The van der Waals surface area contributed by atoms with Crippen LogP contribution >= 0.6 is 11.8 Å². The number of carboxylic acids is 1. The summed E-state index contributed by atoms with van der Waals surface area (Å²) in [6.07, 6.45) is 2.53. The van der Waals surface area contributed by atoms with E-state index in [0.717, 1.165) is 16.0 Å². The zero-order valence-corrected chi connectivity index (χ0v) is 16.4. The van der Waals surface area contributed by atoms with Gasteiger partial charge in [-0.25, -0.2) is 9.59 Å². The summed E-state index contributed by atoms with van der Waals surface area (Å²) in [6.45, 7) is 0.325. The third kappa shape index (κ3) is 4.14. The number of rotatable bonds is 8. The second-order valence-corrected chi connectivity index (χ2v) is 7.86. The summed E-state index contributed by atoms with van der Waals surface area (Å²) in [5.41, 5.74) is 2.08. The lowest BCUT2D eigenvalue weighted by atomic mass is 9.95. The summed E-state index contributed by atoms with van der Waals surface area (Å²) in [7, 11) is 0. The highest BCUT2D eigenvalue weighted by Gasteiger charge is 2.46. The molecule has 0 spiro atoms. The van der Waals surface area contributed by atoms with Crippen molar-refractivity contribution in [1.82, 2.24) is 15.1 Å². The minimum absolute atomic E-state index is 0.0539. The molecule has 0 bridgehead atoms. The topological polar surface area (TPSA) is 107 Å². The Balaban J connectivity index is 1.58. The van der Waals surface area contributed by atoms with E-state index in [1.165, 1.54) is 11.8 Å². The number of hydrogen-bond acceptors (Lipinski definition) is 5. The molecule has 1 saturated heterocycles. The van der Waals surface area contributed by atoms with Gasteiger partial charge in [0.1, 0.15) is 12.1 Å². The minimum Gasteiger partial charge on any atom is -0.480 e. The summed E-state index contributed by atoms with van der Waals surface area (Å²) in [5.74, 6) is -1.27. The quantitative estimate of drug-likeness (QED) is 0.627. The van der Waals surface area contributed by atoms with E-state index in [1.807, 2.05) is 30.5 Å². The van der Waals surface area contributed by atoms with Crippen LogP contribution in [-0.4, -0.2) is 69.4 Å². The molecule has 0 unspecified atom stereocenters. The van der Waals surface area contributed by atoms with E-state index in [1.54, 1.807) is 4.90 Å². The van der Waals surface area contributed by atoms with Crippen molar-refractivity contribution >= 4 is 35.6 Å². The highest BCUT2D eigenvalue weighted by molar-refractivity contribution is 7.98. The molecule has 28 heavy (non-hydrogen) atoms. The maximum Gasteiger partial charge on any atom is 0.327 e. The maximum absolute atomic E-state index is 12.7. The second-order valence-electron chi connectivity index (χ2n) is 6.88. The van der Waals surface area contributed by atoms with E-state index < -0.39 is 30.0 Å². The highest BCUT2D eigenvalue weighted by atomic mass is 32.2. The van der Waals surface area contributed by atoms with Crippen LogP contribution in [0, 0.1) is 0 Å². The number of carbonyl (C=O) groups excluding carboxylic acids is 3. The van der Waals surface area contributed by atoms with Gasteiger partial charge >= 0.3 is 12.0 Å². The Morgan fingerprint density at radius 2 is 2.00 bits per heavy atom. The van der Waals surface area contributed by atoms with Crippen LogP contribution in [0.3, 0.4) is 0 Å². The lowest BCUT2D eigenvalue weighted by Gasteiger charge is -2.28. The summed E-state index contributed by atoms with van der Waals surface area (Å²) in [6, 6.07) is 5.83. The van der Waals surface area contributed by atoms with Crippen molar-refractivity contribution in [1.29, 1.82) is 0 Å². The number of imide groups is 1. The van der Waals surface area contributed by atoms with Crippen molar-refractivity contribution in [3.8, 4) is 0 Å². The van der Waals surface area contributed by atoms with Crippen molar-refractivity contribution in [3.63, 3.8) is 0 Å². The summed E-state index contributed by atoms with van der Waals surface area (Å²) < 4.78 is 0. The third-order valence-corrected chi connectivity index (χ3v) is 5.73. The fraction of sp³-hybridized carbons (Fsp3) is 0.474. The lowest BCUT2D eigenvalue weighted by molar-refractivity contribution is -0.142. The van der Waals surface area contributed by atoms with E-state index in [4.69, 9.17) is 0 Å². The van der Waals surface area contributed by atoms with Crippen LogP contribution in [0.25, 0.3) is 0 Å². The molecule has 9 heteroatoms. The first-order valence-electron chi connectivity index (χ1n) is 9.12. The molecule has 2 aliphatic rings. The number of thioether (sulfide) groups is 1. The monoisotopic (exact) mass is 405 g/mol. The van der Waals surface area contributed by atoms with Gasteiger partial charge in [-0.05, 0) is 29.6 Å². The van der Waals surface area contributed by atoms with Gasteiger partial charge in [-0.15, -0.1) is 0 Å². The zero-order chi connectivity index (χ0) is 20.3. The first-order chi connectivity index (χ1) is 13.4. The maximum atomic E-state index is 12.7. The van der Waals surface area contributed by atoms with Crippen molar-refractivity contribution in [3.05, 3.63) is 35.4 Å². The number of carbonyl (C=O) groups is 4. The normalized spacial score (nSPS) is 19.2. The number of hydrogen-bond donors (Lipinski definition) is 2. The zero-order valence-electron chi connectivity index (χ0n) is 15.6. The molecule has 2 aliphatic heterocycles. The molecule has 1 aromatic rings. The molecule has 8 nitrogen and oxygen atoms in total. The van der Waals surface area contributed by atoms with E-state index in [2.05, 4.69) is 5.32 Å². The van der Waals surface area contributed by atoms with Crippen LogP contribution in [0.1, 0.15) is 24.0 Å². The van der Waals surface area contributed by atoms with Crippen LogP contribution in [0.5, 0.6) is 0 Å². The van der Waals surface area contributed by atoms with Gasteiger partial charge in [0.2, 0.25) is 5.91 Å². The third-order valence-electron chi connectivity index (χ3n) is 5.08. The fourth-order valence-electron chi connectivity index (χ4n) is 3.55. The molecule has 0 aliphatic carbocycles. The Hall–Kier alpha value is -2.55. The minimum atomic E-state index is -1.09. The van der Waals surface area contributed by atoms with Crippen LogP contribution < -0.4 is 5.32 Å². The summed E-state index contributed by atoms with van der Waals surface area (Å²) in [5, 5.41) is 11.7. The number of nitrogens with one attached hydrogen (secondary N) is 1. The van der Waals surface area contributed by atoms with Gasteiger partial charge in [0.15, 0.2) is 0 Å². The molecule has 150 valence electrons. The standard InChI is InChI=1S/C19H23N3O5S/c1-28-9-7-14(18(25)26)20-16(23)6-8-21-17(24)15-10-12-4-2-3-5-13(12)11-22(15)19(21)27/h2-5,14-15H,6-11H2,1H3,(H,20,23)(H,25,26)/t14-,15+/m1/s1. The number of nitrogens with zero attached hydrogens (tertiary/aromatic N) is 2. The average Bonchev–Trinajstić information content (AvgIpc) is 2.91. The van der Waals surface area contributed by atoms with Gasteiger partial charge in [0.05, 0.1) is 0 Å². The van der Waals surface area contributed by atoms with E-state index >= 15 is 0 Å². The molecule has 2 atom stereocenters. The van der Waals surface area contributed by atoms with Gasteiger partial charge in [-0.1, -0.05) is 24.3 Å². The molecule has 1 fully saturated rings. The Labute approximate surface area is 167 Å². The lowest BCUT2D eigenvalue weighted by Crippen LogP contribution is -2.43. The van der Waals surface area contributed by atoms with Crippen LogP contribution in [-0.2, 0) is 27.3 Å². The van der Waals surface area contributed by atoms with Crippen LogP contribution in [0.2, 0.25) is 0 Å². The highest BCUT2D eigenvalue weighted by Crippen LogP contribution is 2.29. The molecule has 2 N–H and O–H groups in total. The van der Waals surface area contributed by atoms with E-state index in [0.29, 0.717) is 25.1 Å². The number of amides is 4. The Kier molecular flexibility index (Phi) is 6.23. The number of aliphatic carboxylic acids is 1. The molecule has 1 aromatic carbocycles. The number of benzene rings is 1. The second kappa shape index (κ2) is 8.64. The van der Waals surface area contributed by atoms with Gasteiger partial charge in [0.25, 0.3) is 5.91 Å². The molecule has 4 amide bonds. The molecule has 0 radical (unpaired) electrons. The first kappa shape index (κ1) is 20.2. The van der Waals surface area contributed by atoms with Crippen molar-refractivity contribution < 1.29 is 24.3 Å². The number of carboxylic acid groups (broad SMARTS) is 1. The smallest absolute Gasteiger partial charge is 0.327 e. The van der Waals surface area contributed by atoms with Crippen molar-refractivity contribution in [2.75, 3.05) is 18.6 Å². The summed E-state index contributed by atoms with van der Waals surface area (Å²) >= 11 is 1.50. The fourth-order valence-corrected chi connectivity index (χ4v) is 4.02. The molecule has 0 aromatic heterocycles. The summed E-state index contributed by atoms with van der Waals surface area (Å²) in [4.78, 5) is 51.3. The van der Waals surface area contributed by atoms with Gasteiger partial charge in [-0.2, -0.15) is 11.8 Å². The molecule has 3 rings (SSSR count). The van der Waals surface area contributed by atoms with Crippen LogP contribution in [0.4, 0.5) is 4.79 Å². The number of urea groups is 1. The largest absolute Gasteiger partial charge is 0.480 e. The van der Waals surface area contributed by atoms with Crippen molar-refractivity contribution in [2.24, 2.45) is 0 Å². The molecular formula is C19H23N3O5S. The Morgan fingerprint density at radius 1 is 1.29 bits per heavy atom. The Bertz CT molecular complexity index is 757. The molecule has 0 saturated carbocycles. The van der Waals surface area contributed by atoms with Gasteiger partial charge in [-0.3, -0.25) is 14.5 Å². The number of fused-ring (bicyclic) bond motifs is 2. The van der Waals surface area contributed by atoms with Crippen molar-refractivity contribution in [2.45, 2.75) is 37.9 Å². The van der Waals surface area contributed by atoms with E-state index in [-0.39, 0.29) is 18.9 Å². The SMILES string of the molecule is CSCC[C@@H](NC(=O)CCN1C(=O)[C@@H]2Cc3ccccc3CN2C1=O)C(=O)O. The van der Waals surface area contributed by atoms with Gasteiger partial charge < -0.3 is 15.3 Å². The van der Waals surface area contributed by atoms with E-state index in [9.17, 15) is 24.3 Å². The first-order valence-corrected chi connectivity index (χ1v) is 10.5. The average molecular weight is 405 g/mol. The van der Waals surface area contributed by atoms with Gasteiger partial charge in [0, 0.05) is 25.9 Å². The molecule has 2 heterocycles. The predicted molar refractivity (Wildman–Crippen MR) is 104 cm³/mol. The predicted octanol–water partition coefficient (Wildman–Crippen LogP) is 1.09. The Morgan fingerprint density at radius 3 is 2.68 bits per heavy atom.